The van der Waals surface area contributed by atoms with Crippen molar-refractivity contribution in [2.45, 2.75) is 17.9 Å². The SMILES string of the molecule is O=S(=O)(c1ccc2c(c1)CNCC2)n1ccc2ccccc21. The average Bonchev–Trinajstić information content (AvgIpc) is 2.99. The van der Waals surface area contributed by atoms with E-state index in [-0.39, 0.29) is 0 Å². The van der Waals surface area contributed by atoms with E-state index in [1.54, 1.807) is 18.3 Å². The molecule has 112 valence electrons. The molecule has 22 heavy (non-hydrogen) atoms. The number of para-hydroxylation sites is 1. The minimum Gasteiger partial charge on any atom is -0.312 e. The van der Waals surface area contributed by atoms with Gasteiger partial charge in [-0.3, -0.25) is 0 Å². The first-order valence-electron chi connectivity index (χ1n) is 7.30. The molecule has 0 atom stereocenters. The third kappa shape index (κ3) is 2.05. The minimum atomic E-state index is -3.57. The molecular weight excluding hydrogens is 296 g/mol. The first kappa shape index (κ1) is 13.5. The van der Waals surface area contributed by atoms with Crippen molar-refractivity contribution in [1.82, 2.24) is 9.29 Å². The van der Waals surface area contributed by atoms with Crippen LogP contribution in [0.15, 0.2) is 59.6 Å². The van der Waals surface area contributed by atoms with E-state index in [1.165, 1.54) is 9.54 Å². The number of hydrogen-bond acceptors (Lipinski definition) is 3. The summed E-state index contributed by atoms with van der Waals surface area (Å²) in [7, 11) is -3.57. The Balaban J connectivity index is 1.87. The third-order valence-corrected chi connectivity index (χ3v) is 5.87. The van der Waals surface area contributed by atoms with Gasteiger partial charge in [0.05, 0.1) is 10.4 Å². The first-order valence-corrected chi connectivity index (χ1v) is 8.74. The molecule has 2 heterocycles. The van der Waals surface area contributed by atoms with E-state index in [4.69, 9.17) is 0 Å². The van der Waals surface area contributed by atoms with Gasteiger partial charge in [0.1, 0.15) is 0 Å². The lowest BCUT2D eigenvalue weighted by Crippen LogP contribution is -2.24. The number of aromatic nitrogens is 1. The van der Waals surface area contributed by atoms with Crippen molar-refractivity contribution in [3.63, 3.8) is 0 Å². The lowest BCUT2D eigenvalue weighted by atomic mass is 10.0. The molecule has 5 heteroatoms. The molecule has 4 nitrogen and oxygen atoms in total. The molecule has 0 radical (unpaired) electrons. The van der Waals surface area contributed by atoms with Crippen LogP contribution in [0.25, 0.3) is 10.9 Å². The van der Waals surface area contributed by atoms with E-state index in [9.17, 15) is 8.42 Å². The number of nitrogens with zero attached hydrogens (tertiary/aromatic N) is 1. The number of hydrogen-bond donors (Lipinski definition) is 1. The molecule has 0 spiro atoms. The van der Waals surface area contributed by atoms with Crippen molar-refractivity contribution in [3.05, 3.63) is 65.9 Å². The Bertz CT molecular complexity index is 958. The second-order valence-electron chi connectivity index (χ2n) is 5.53. The highest BCUT2D eigenvalue weighted by atomic mass is 32.2. The van der Waals surface area contributed by atoms with Crippen molar-refractivity contribution in [3.8, 4) is 0 Å². The Morgan fingerprint density at radius 2 is 1.86 bits per heavy atom. The summed E-state index contributed by atoms with van der Waals surface area (Å²) in [6.07, 6.45) is 2.57. The normalized spacial score (nSPS) is 14.9. The zero-order chi connectivity index (χ0) is 15.2. The second-order valence-corrected chi connectivity index (χ2v) is 7.35. The van der Waals surface area contributed by atoms with E-state index in [1.807, 2.05) is 36.4 Å². The highest BCUT2D eigenvalue weighted by Crippen LogP contribution is 2.24. The molecule has 0 saturated carbocycles. The molecule has 1 N–H and O–H groups in total. The van der Waals surface area contributed by atoms with Gasteiger partial charge < -0.3 is 5.32 Å². The highest BCUT2D eigenvalue weighted by molar-refractivity contribution is 7.90. The molecule has 3 aromatic rings. The molecule has 0 bridgehead atoms. The lowest BCUT2D eigenvalue weighted by Gasteiger charge is -2.18. The smallest absolute Gasteiger partial charge is 0.268 e. The lowest BCUT2D eigenvalue weighted by molar-refractivity contribution is 0.588. The van der Waals surface area contributed by atoms with Crippen LogP contribution in [0.2, 0.25) is 0 Å². The van der Waals surface area contributed by atoms with Crippen LogP contribution in [0.3, 0.4) is 0 Å². The number of nitrogens with one attached hydrogen (secondary N) is 1. The minimum absolute atomic E-state index is 0.344. The summed E-state index contributed by atoms with van der Waals surface area (Å²) < 4.78 is 27.2. The van der Waals surface area contributed by atoms with E-state index in [0.29, 0.717) is 10.4 Å². The van der Waals surface area contributed by atoms with Gasteiger partial charge in [0.15, 0.2) is 0 Å². The molecule has 0 aliphatic carbocycles. The van der Waals surface area contributed by atoms with Crippen molar-refractivity contribution in [2.24, 2.45) is 0 Å². The first-order chi connectivity index (χ1) is 10.7. The van der Waals surface area contributed by atoms with Gasteiger partial charge in [-0.05, 0) is 48.4 Å². The molecule has 0 unspecified atom stereocenters. The summed E-state index contributed by atoms with van der Waals surface area (Å²) >= 11 is 0. The Hall–Kier alpha value is -2.11. The molecule has 0 fully saturated rings. The largest absolute Gasteiger partial charge is 0.312 e. The van der Waals surface area contributed by atoms with Gasteiger partial charge in [0.25, 0.3) is 10.0 Å². The molecule has 2 aromatic carbocycles. The average molecular weight is 312 g/mol. The molecule has 1 aromatic heterocycles. The number of rotatable bonds is 2. The van der Waals surface area contributed by atoms with Crippen LogP contribution in [-0.4, -0.2) is 18.9 Å². The monoisotopic (exact) mass is 312 g/mol. The zero-order valence-corrected chi connectivity index (χ0v) is 12.8. The standard InChI is InChI=1S/C17H16N2O2S/c20-22(21,19-10-8-14-3-1-2-4-17(14)19)16-6-5-13-7-9-18-12-15(13)11-16/h1-6,8,10-11,18H,7,9,12H2. The third-order valence-electron chi connectivity index (χ3n) is 4.18. The summed E-state index contributed by atoms with van der Waals surface area (Å²) in [5.74, 6) is 0. The van der Waals surface area contributed by atoms with Gasteiger partial charge in [0, 0.05) is 18.1 Å². The topological polar surface area (TPSA) is 51.1 Å². The van der Waals surface area contributed by atoms with Gasteiger partial charge in [-0.15, -0.1) is 0 Å². The van der Waals surface area contributed by atoms with Crippen LogP contribution in [0.1, 0.15) is 11.1 Å². The quantitative estimate of drug-likeness (QED) is 0.791. The van der Waals surface area contributed by atoms with Gasteiger partial charge in [-0.2, -0.15) is 0 Å². The van der Waals surface area contributed by atoms with Crippen molar-refractivity contribution < 1.29 is 8.42 Å². The fourth-order valence-electron chi connectivity index (χ4n) is 3.00. The van der Waals surface area contributed by atoms with E-state index in [2.05, 4.69) is 5.32 Å². The fraction of sp³-hybridized carbons (Fsp3) is 0.176. The maximum absolute atomic E-state index is 12.9. The van der Waals surface area contributed by atoms with Gasteiger partial charge >= 0.3 is 0 Å². The summed E-state index contributed by atoms with van der Waals surface area (Å²) in [5.41, 5.74) is 3.01. The van der Waals surface area contributed by atoms with Crippen LogP contribution >= 0.6 is 0 Å². The Morgan fingerprint density at radius 1 is 1.00 bits per heavy atom. The second kappa shape index (κ2) is 4.97. The zero-order valence-electron chi connectivity index (χ0n) is 12.0. The maximum atomic E-state index is 12.9. The molecular formula is C17H16N2O2S. The van der Waals surface area contributed by atoms with Crippen LogP contribution in [-0.2, 0) is 23.0 Å². The summed E-state index contributed by atoms with van der Waals surface area (Å²) in [5, 5.41) is 4.20. The van der Waals surface area contributed by atoms with Crippen molar-refractivity contribution in [1.29, 1.82) is 0 Å². The van der Waals surface area contributed by atoms with Crippen LogP contribution in [0.5, 0.6) is 0 Å². The van der Waals surface area contributed by atoms with Crippen molar-refractivity contribution in [2.75, 3.05) is 6.54 Å². The van der Waals surface area contributed by atoms with Gasteiger partial charge in [-0.1, -0.05) is 24.3 Å². The maximum Gasteiger partial charge on any atom is 0.268 e. The molecule has 0 amide bonds. The molecule has 1 aliphatic rings. The predicted octanol–water partition coefficient (Wildman–Crippen LogP) is 2.52. The molecule has 4 rings (SSSR count). The van der Waals surface area contributed by atoms with Crippen LogP contribution < -0.4 is 5.32 Å². The summed E-state index contributed by atoms with van der Waals surface area (Å²) in [4.78, 5) is 0.344. The van der Waals surface area contributed by atoms with E-state index in [0.717, 1.165) is 30.5 Å². The summed E-state index contributed by atoms with van der Waals surface area (Å²) in [6, 6.07) is 14.8. The highest BCUT2D eigenvalue weighted by Gasteiger charge is 2.20. The number of benzene rings is 2. The Labute approximate surface area is 129 Å². The van der Waals surface area contributed by atoms with E-state index < -0.39 is 10.0 Å². The fourth-order valence-corrected chi connectivity index (χ4v) is 4.40. The predicted molar refractivity (Wildman–Crippen MR) is 86.4 cm³/mol. The van der Waals surface area contributed by atoms with Gasteiger partial charge in [-0.25, -0.2) is 12.4 Å². The summed E-state index contributed by atoms with van der Waals surface area (Å²) in [6.45, 7) is 1.67. The Kier molecular flexibility index (Phi) is 3.06. The van der Waals surface area contributed by atoms with E-state index >= 15 is 0 Å². The Morgan fingerprint density at radius 3 is 2.77 bits per heavy atom. The number of fused-ring (bicyclic) bond motifs is 2. The van der Waals surface area contributed by atoms with Crippen LogP contribution in [0.4, 0.5) is 0 Å². The van der Waals surface area contributed by atoms with Gasteiger partial charge in [0.2, 0.25) is 0 Å². The van der Waals surface area contributed by atoms with Crippen LogP contribution in [0, 0.1) is 0 Å². The van der Waals surface area contributed by atoms with Crippen molar-refractivity contribution >= 4 is 20.9 Å². The molecule has 0 saturated heterocycles. The molecule has 1 aliphatic heterocycles.